The zero-order valence-corrected chi connectivity index (χ0v) is 21.5. The highest BCUT2D eigenvalue weighted by Gasteiger charge is 2.30. The number of carbonyl (C=O) groups excluding carboxylic acids is 2. The van der Waals surface area contributed by atoms with E-state index < -0.39 is 12.1 Å². The molecule has 192 valence electrons. The molecule has 3 aromatic rings. The second-order valence-corrected chi connectivity index (χ2v) is 9.86. The fourth-order valence-corrected chi connectivity index (χ4v) is 4.88. The molecule has 1 fully saturated rings. The molecule has 1 amide bonds. The number of ether oxygens (including phenoxy) is 2. The van der Waals surface area contributed by atoms with Crippen LogP contribution < -0.4 is 10.6 Å². The van der Waals surface area contributed by atoms with Crippen molar-refractivity contribution in [2.45, 2.75) is 65.1 Å². The van der Waals surface area contributed by atoms with Gasteiger partial charge in [0.2, 0.25) is 0 Å². The smallest absolute Gasteiger partial charge is 0.356 e. The number of carbonyl (C=O) groups is 2. The summed E-state index contributed by atoms with van der Waals surface area (Å²) in [4.78, 5) is 30.9. The molecule has 0 saturated carbocycles. The molecule has 0 aliphatic carbocycles. The van der Waals surface area contributed by atoms with Gasteiger partial charge in [0.15, 0.2) is 5.69 Å². The number of esters is 1. The molecule has 8 nitrogen and oxygen atoms in total. The summed E-state index contributed by atoms with van der Waals surface area (Å²) in [6.45, 7) is 7.57. The lowest BCUT2D eigenvalue weighted by Crippen LogP contribution is -2.28. The van der Waals surface area contributed by atoms with E-state index in [2.05, 4.69) is 43.5 Å². The second-order valence-electron chi connectivity index (χ2n) is 9.86. The number of nitrogens with zero attached hydrogens (tertiary/aromatic N) is 2. The van der Waals surface area contributed by atoms with Gasteiger partial charge < -0.3 is 24.7 Å². The number of fused-ring (bicyclic) bond motifs is 1. The second kappa shape index (κ2) is 11.6. The summed E-state index contributed by atoms with van der Waals surface area (Å²) >= 11 is 0. The van der Waals surface area contributed by atoms with Gasteiger partial charge in [-0.05, 0) is 50.2 Å². The number of nitrogens with one attached hydrogen (secondary N) is 2. The summed E-state index contributed by atoms with van der Waals surface area (Å²) in [6, 6.07) is 12.3. The highest BCUT2D eigenvalue weighted by Crippen LogP contribution is 2.34. The molecule has 1 aliphatic rings. The van der Waals surface area contributed by atoms with Crippen LogP contribution >= 0.6 is 0 Å². The number of amides is 1. The van der Waals surface area contributed by atoms with Gasteiger partial charge in [0.1, 0.15) is 11.8 Å². The number of aromatic nitrogens is 2. The zero-order chi connectivity index (χ0) is 25.7. The minimum atomic E-state index is -0.529. The lowest BCUT2D eigenvalue weighted by Gasteiger charge is -2.17. The maximum atomic E-state index is 13.1. The first-order valence-corrected chi connectivity index (χ1v) is 12.7. The van der Waals surface area contributed by atoms with Gasteiger partial charge in [0, 0.05) is 24.6 Å². The maximum absolute atomic E-state index is 13.1. The van der Waals surface area contributed by atoms with Crippen LogP contribution in [-0.4, -0.2) is 47.3 Å². The molecule has 8 heteroatoms. The Hall–Kier alpha value is -3.39. The Morgan fingerprint density at radius 3 is 2.67 bits per heavy atom. The van der Waals surface area contributed by atoms with E-state index in [0.717, 1.165) is 24.1 Å². The first kappa shape index (κ1) is 25.7. The molecule has 2 atom stereocenters. The van der Waals surface area contributed by atoms with Gasteiger partial charge in [-0.2, -0.15) is 0 Å². The van der Waals surface area contributed by atoms with Crippen LogP contribution in [0.15, 0.2) is 42.6 Å². The number of anilines is 2. The Morgan fingerprint density at radius 1 is 1.22 bits per heavy atom. The summed E-state index contributed by atoms with van der Waals surface area (Å²) in [6.07, 6.45) is 4.45. The van der Waals surface area contributed by atoms with Crippen molar-refractivity contribution in [1.82, 2.24) is 9.55 Å². The Kier molecular flexibility index (Phi) is 8.25. The van der Waals surface area contributed by atoms with Crippen molar-refractivity contribution in [3.05, 3.63) is 53.9 Å². The molecule has 0 spiro atoms. The third kappa shape index (κ3) is 5.87. The van der Waals surface area contributed by atoms with Crippen LogP contribution in [-0.2, 0) is 27.2 Å². The SMILES string of the molecule is COC(=O)c1c(NC(=O)C2CCCO2)c2cc(NC(C)CC(C)C)cnc2n1CCc1ccccc1. The standard InChI is InChI=1S/C28H36N4O4/c1-18(2)15-19(3)30-21-16-22-24(31-27(33)23-11-8-14-36-23)25(28(34)35-4)32(26(22)29-17-21)13-12-20-9-6-5-7-10-20/h5-7,9-10,16-19,23,30H,8,11-15H2,1-4H3,(H,31,33). The van der Waals surface area contributed by atoms with Crippen LogP contribution in [0, 0.1) is 5.92 Å². The Morgan fingerprint density at radius 2 is 2.00 bits per heavy atom. The summed E-state index contributed by atoms with van der Waals surface area (Å²) in [5, 5.41) is 7.19. The molecule has 0 bridgehead atoms. The number of pyridine rings is 1. The minimum absolute atomic E-state index is 0.245. The normalized spacial score (nSPS) is 16.3. The predicted octanol–water partition coefficient (Wildman–Crippen LogP) is 5.03. The van der Waals surface area contributed by atoms with E-state index >= 15 is 0 Å². The first-order chi connectivity index (χ1) is 17.4. The molecular weight excluding hydrogens is 456 g/mol. The van der Waals surface area contributed by atoms with Crippen LogP contribution in [0.4, 0.5) is 11.4 Å². The molecule has 1 aliphatic heterocycles. The fourth-order valence-electron chi connectivity index (χ4n) is 4.88. The van der Waals surface area contributed by atoms with Gasteiger partial charge >= 0.3 is 5.97 Å². The topological polar surface area (TPSA) is 94.5 Å². The summed E-state index contributed by atoms with van der Waals surface area (Å²) in [5.74, 6) is -0.229. The molecule has 1 aromatic carbocycles. The lowest BCUT2D eigenvalue weighted by molar-refractivity contribution is -0.124. The van der Waals surface area contributed by atoms with Crippen molar-refractivity contribution in [2.75, 3.05) is 24.4 Å². The molecule has 2 N–H and O–H groups in total. The molecule has 2 aromatic heterocycles. The van der Waals surface area contributed by atoms with E-state index in [0.29, 0.717) is 48.6 Å². The highest BCUT2D eigenvalue weighted by molar-refractivity contribution is 6.12. The van der Waals surface area contributed by atoms with Crippen LogP contribution in [0.5, 0.6) is 0 Å². The highest BCUT2D eigenvalue weighted by atomic mass is 16.5. The predicted molar refractivity (Wildman–Crippen MR) is 141 cm³/mol. The van der Waals surface area contributed by atoms with E-state index in [9.17, 15) is 9.59 Å². The third-order valence-corrected chi connectivity index (χ3v) is 6.45. The van der Waals surface area contributed by atoms with E-state index in [-0.39, 0.29) is 17.6 Å². The summed E-state index contributed by atoms with van der Waals surface area (Å²) in [7, 11) is 1.35. The average Bonchev–Trinajstić information content (AvgIpc) is 3.49. The number of hydrogen-bond donors (Lipinski definition) is 2. The van der Waals surface area contributed by atoms with Crippen molar-refractivity contribution in [3.8, 4) is 0 Å². The van der Waals surface area contributed by atoms with Gasteiger partial charge in [-0.1, -0.05) is 44.2 Å². The van der Waals surface area contributed by atoms with Crippen molar-refractivity contribution >= 4 is 34.3 Å². The Labute approximate surface area is 212 Å². The van der Waals surface area contributed by atoms with Crippen LogP contribution in [0.2, 0.25) is 0 Å². The van der Waals surface area contributed by atoms with Crippen molar-refractivity contribution < 1.29 is 19.1 Å². The lowest BCUT2D eigenvalue weighted by atomic mass is 10.1. The van der Waals surface area contributed by atoms with Crippen LogP contribution in [0.1, 0.15) is 56.1 Å². The molecule has 36 heavy (non-hydrogen) atoms. The number of hydrogen-bond acceptors (Lipinski definition) is 6. The van der Waals surface area contributed by atoms with Crippen molar-refractivity contribution in [2.24, 2.45) is 5.92 Å². The van der Waals surface area contributed by atoms with Gasteiger partial charge in [0.05, 0.1) is 24.7 Å². The third-order valence-electron chi connectivity index (χ3n) is 6.45. The van der Waals surface area contributed by atoms with Gasteiger partial charge in [-0.3, -0.25) is 4.79 Å². The van der Waals surface area contributed by atoms with Crippen molar-refractivity contribution in [1.29, 1.82) is 0 Å². The number of aryl methyl sites for hydroxylation is 2. The van der Waals surface area contributed by atoms with Gasteiger partial charge in [-0.25, -0.2) is 9.78 Å². The van der Waals surface area contributed by atoms with Gasteiger partial charge in [-0.15, -0.1) is 0 Å². The minimum Gasteiger partial charge on any atom is -0.464 e. The molecular formula is C28H36N4O4. The Bertz CT molecular complexity index is 1200. The zero-order valence-electron chi connectivity index (χ0n) is 21.5. The number of methoxy groups -OCH3 is 1. The largest absolute Gasteiger partial charge is 0.464 e. The van der Waals surface area contributed by atoms with E-state index in [1.807, 2.05) is 28.8 Å². The first-order valence-electron chi connectivity index (χ1n) is 12.7. The maximum Gasteiger partial charge on any atom is 0.356 e. The molecule has 2 unspecified atom stereocenters. The Balaban J connectivity index is 1.77. The molecule has 1 saturated heterocycles. The number of benzene rings is 1. The van der Waals surface area contributed by atoms with E-state index in [1.165, 1.54) is 7.11 Å². The summed E-state index contributed by atoms with van der Waals surface area (Å²) < 4.78 is 12.6. The molecule has 3 heterocycles. The van der Waals surface area contributed by atoms with Crippen LogP contribution in [0.3, 0.4) is 0 Å². The molecule has 0 radical (unpaired) electrons. The van der Waals surface area contributed by atoms with Gasteiger partial charge in [0.25, 0.3) is 5.91 Å². The van der Waals surface area contributed by atoms with Crippen molar-refractivity contribution in [3.63, 3.8) is 0 Å². The van der Waals surface area contributed by atoms with E-state index in [1.54, 1.807) is 6.20 Å². The monoisotopic (exact) mass is 492 g/mol. The fraction of sp³-hybridized carbons (Fsp3) is 0.464. The average molecular weight is 493 g/mol. The summed E-state index contributed by atoms with van der Waals surface area (Å²) in [5.41, 5.74) is 3.30. The van der Waals surface area contributed by atoms with Crippen LogP contribution in [0.25, 0.3) is 11.0 Å². The quantitative estimate of drug-likeness (QED) is 0.386. The molecule has 4 rings (SSSR count). The number of rotatable bonds is 10. The van der Waals surface area contributed by atoms with E-state index in [4.69, 9.17) is 14.5 Å².